The molecular formula is C23H26N3O3+. The van der Waals surface area contributed by atoms with Crippen LogP contribution in [0.3, 0.4) is 0 Å². The van der Waals surface area contributed by atoms with Gasteiger partial charge in [-0.1, -0.05) is 36.4 Å². The lowest BCUT2D eigenvalue weighted by Gasteiger charge is -2.09. The van der Waals surface area contributed by atoms with E-state index < -0.39 is 0 Å². The van der Waals surface area contributed by atoms with Crippen LogP contribution in [-0.4, -0.2) is 26.7 Å². The van der Waals surface area contributed by atoms with Crippen LogP contribution < -0.4 is 25.1 Å². The number of amides is 1. The predicted octanol–water partition coefficient (Wildman–Crippen LogP) is 3.10. The number of aromatic nitrogens is 1. The Morgan fingerprint density at radius 3 is 2.41 bits per heavy atom. The maximum absolute atomic E-state index is 12.3. The number of ether oxygens (including phenoxy) is 2. The predicted molar refractivity (Wildman–Crippen MR) is 112 cm³/mol. The van der Waals surface area contributed by atoms with Gasteiger partial charge in [-0.2, -0.15) is 0 Å². The molecule has 0 spiro atoms. The van der Waals surface area contributed by atoms with E-state index in [1.54, 1.807) is 26.5 Å². The molecule has 0 saturated carbocycles. The van der Waals surface area contributed by atoms with E-state index in [1.807, 2.05) is 54.6 Å². The molecule has 3 aromatic rings. The molecule has 0 saturated heterocycles. The number of carbonyl (C=O) groups is 1. The van der Waals surface area contributed by atoms with Gasteiger partial charge in [0.15, 0.2) is 11.5 Å². The van der Waals surface area contributed by atoms with E-state index in [2.05, 4.69) is 15.6 Å². The summed E-state index contributed by atoms with van der Waals surface area (Å²) in [5.74, 6) is 2.19. The summed E-state index contributed by atoms with van der Waals surface area (Å²) in [6.45, 7) is 1.25. The number of H-pyrrole nitrogens is 1. The fraction of sp³-hybridized carbons (Fsp3) is 0.217. The van der Waals surface area contributed by atoms with Crippen LogP contribution in [-0.2, 0) is 13.0 Å². The minimum absolute atomic E-state index is 0.109. The summed E-state index contributed by atoms with van der Waals surface area (Å²) in [5, 5.41) is 6.24. The van der Waals surface area contributed by atoms with Gasteiger partial charge in [0, 0.05) is 19.0 Å². The van der Waals surface area contributed by atoms with E-state index in [0.717, 1.165) is 41.4 Å². The molecule has 0 aliphatic rings. The quantitative estimate of drug-likeness (QED) is 0.587. The minimum atomic E-state index is -0.109. The third-order valence-corrected chi connectivity index (χ3v) is 4.55. The van der Waals surface area contributed by atoms with Gasteiger partial charge < -0.3 is 14.8 Å². The van der Waals surface area contributed by atoms with Crippen molar-refractivity contribution >= 4 is 11.7 Å². The summed E-state index contributed by atoms with van der Waals surface area (Å²) < 4.78 is 10.6. The molecule has 0 fully saturated rings. The lowest BCUT2D eigenvalue weighted by molar-refractivity contribution is -0.361. The van der Waals surface area contributed by atoms with Gasteiger partial charge in [0.05, 0.1) is 26.3 Å². The molecule has 0 atom stereocenters. The maximum Gasteiger partial charge on any atom is 0.272 e. The molecule has 1 aromatic heterocycles. The third-order valence-electron chi connectivity index (χ3n) is 4.55. The summed E-state index contributed by atoms with van der Waals surface area (Å²) in [7, 11) is 3.26. The molecule has 6 heteroatoms. The van der Waals surface area contributed by atoms with Gasteiger partial charge in [-0.3, -0.25) is 10.1 Å². The van der Waals surface area contributed by atoms with Gasteiger partial charge in [-0.05, 0) is 29.3 Å². The minimum Gasteiger partial charge on any atom is -0.493 e. The first-order valence-electron chi connectivity index (χ1n) is 9.48. The number of anilines is 1. The number of pyridine rings is 1. The summed E-state index contributed by atoms with van der Waals surface area (Å²) in [4.78, 5) is 15.4. The molecule has 3 N–H and O–H groups in total. The highest BCUT2D eigenvalue weighted by molar-refractivity contribution is 5.93. The Hall–Kier alpha value is -3.54. The van der Waals surface area contributed by atoms with Crippen LogP contribution >= 0.6 is 0 Å². The van der Waals surface area contributed by atoms with E-state index in [9.17, 15) is 4.79 Å². The molecular weight excluding hydrogens is 366 g/mol. The topological polar surface area (TPSA) is 73.7 Å². The number of hydrogen-bond donors (Lipinski definition) is 2. The first-order valence-corrected chi connectivity index (χ1v) is 9.48. The van der Waals surface area contributed by atoms with Gasteiger partial charge in [0.1, 0.15) is 6.20 Å². The van der Waals surface area contributed by atoms with Crippen molar-refractivity contribution in [2.75, 3.05) is 26.1 Å². The lowest BCUT2D eigenvalue weighted by atomic mass is 10.1. The number of nitrogens with one attached hydrogen (secondary N) is 3. The highest BCUT2D eigenvalue weighted by atomic mass is 16.5. The molecule has 6 nitrogen and oxygen atoms in total. The molecule has 3 rings (SSSR count). The van der Waals surface area contributed by atoms with Crippen LogP contribution in [0.15, 0.2) is 66.9 Å². The highest BCUT2D eigenvalue weighted by Crippen LogP contribution is 2.27. The van der Waals surface area contributed by atoms with Gasteiger partial charge in [-0.25, -0.2) is 4.98 Å². The summed E-state index contributed by atoms with van der Waals surface area (Å²) >= 11 is 0. The third kappa shape index (κ3) is 5.72. The number of rotatable bonds is 9. The van der Waals surface area contributed by atoms with Crippen LogP contribution in [0.5, 0.6) is 11.5 Å². The van der Waals surface area contributed by atoms with Crippen LogP contribution in [0.25, 0.3) is 0 Å². The number of methoxy groups -OCH3 is 2. The Bertz CT molecular complexity index is 928. The lowest BCUT2D eigenvalue weighted by Crippen LogP contribution is -2.25. The van der Waals surface area contributed by atoms with Crippen molar-refractivity contribution in [3.05, 3.63) is 83.6 Å². The van der Waals surface area contributed by atoms with E-state index in [1.165, 1.54) is 0 Å². The van der Waals surface area contributed by atoms with Crippen LogP contribution in [0.2, 0.25) is 0 Å². The number of benzene rings is 2. The Labute approximate surface area is 170 Å². The monoisotopic (exact) mass is 392 g/mol. The Morgan fingerprint density at radius 1 is 0.931 bits per heavy atom. The largest absolute Gasteiger partial charge is 0.493 e. The average Bonchev–Trinajstić information content (AvgIpc) is 2.78. The number of aromatic amines is 1. The van der Waals surface area contributed by atoms with Gasteiger partial charge in [0.2, 0.25) is 0 Å². The first kappa shape index (κ1) is 20.2. The van der Waals surface area contributed by atoms with E-state index in [0.29, 0.717) is 12.1 Å². The second-order valence-corrected chi connectivity index (χ2v) is 6.53. The Balaban J connectivity index is 1.48. The summed E-state index contributed by atoms with van der Waals surface area (Å²) in [5.41, 5.74) is 2.80. The van der Waals surface area contributed by atoms with Crippen molar-refractivity contribution in [3.63, 3.8) is 0 Å². The molecule has 1 heterocycles. The molecule has 0 radical (unpaired) electrons. The SMILES string of the molecule is COc1ccc(CCNc2ccc(C(=O)NCc3ccccc3)c[nH+]2)cc1OC. The first-order chi connectivity index (χ1) is 14.2. The molecule has 1 amide bonds. The second-order valence-electron chi connectivity index (χ2n) is 6.53. The smallest absolute Gasteiger partial charge is 0.272 e. The van der Waals surface area contributed by atoms with Crippen molar-refractivity contribution in [3.8, 4) is 11.5 Å². The summed E-state index contributed by atoms with van der Waals surface area (Å²) in [6.07, 6.45) is 2.53. The van der Waals surface area contributed by atoms with E-state index in [4.69, 9.17) is 9.47 Å². The number of carbonyl (C=O) groups excluding carboxylic acids is 1. The standard InChI is InChI=1S/C23H25N3O3/c1-28-20-10-8-17(14-21(20)29-2)12-13-24-22-11-9-19(16-25-22)23(27)26-15-18-6-4-3-5-7-18/h3-11,14,16H,12-13,15H2,1-2H3,(H,24,25)(H,26,27)/p+1. The molecule has 2 aromatic carbocycles. The highest BCUT2D eigenvalue weighted by Gasteiger charge is 2.09. The molecule has 0 unspecified atom stereocenters. The fourth-order valence-corrected chi connectivity index (χ4v) is 2.93. The zero-order valence-electron chi connectivity index (χ0n) is 16.7. The van der Waals surface area contributed by atoms with Gasteiger partial charge >= 0.3 is 0 Å². The fourth-order valence-electron chi connectivity index (χ4n) is 2.93. The van der Waals surface area contributed by atoms with Crippen LogP contribution in [0.1, 0.15) is 21.5 Å². The van der Waals surface area contributed by atoms with Crippen LogP contribution in [0.4, 0.5) is 5.82 Å². The van der Waals surface area contributed by atoms with Crippen molar-refractivity contribution in [1.82, 2.24) is 5.32 Å². The Morgan fingerprint density at radius 2 is 1.72 bits per heavy atom. The van der Waals surface area contributed by atoms with Crippen molar-refractivity contribution in [1.29, 1.82) is 0 Å². The van der Waals surface area contributed by atoms with Crippen LogP contribution in [0, 0.1) is 0 Å². The van der Waals surface area contributed by atoms with E-state index >= 15 is 0 Å². The molecule has 150 valence electrons. The van der Waals surface area contributed by atoms with Gasteiger partial charge in [-0.15, -0.1) is 0 Å². The molecule has 0 aliphatic heterocycles. The van der Waals surface area contributed by atoms with Crippen molar-refractivity contribution in [2.24, 2.45) is 0 Å². The zero-order chi connectivity index (χ0) is 20.5. The molecule has 29 heavy (non-hydrogen) atoms. The average molecular weight is 392 g/mol. The molecule has 0 bridgehead atoms. The summed E-state index contributed by atoms with van der Waals surface area (Å²) in [6, 6.07) is 19.4. The zero-order valence-corrected chi connectivity index (χ0v) is 16.7. The second kappa shape index (κ2) is 10.1. The van der Waals surface area contributed by atoms with Crippen molar-refractivity contribution < 1.29 is 19.3 Å². The maximum atomic E-state index is 12.3. The Kier molecular flexibility index (Phi) is 7.05. The van der Waals surface area contributed by atoms with Gasteiger partial charge in [0.25, 0.3) is 11.7 Å². The molecule has 0 aliphatic carbocycles. The van der Waals surface area contributed by atoms with E-state index in [-0.39, 0.29) is 5.91 Å². The number of hydrogen-bond acceptors (Lipinski definition) is 4. The normalized spacial score (nSPS) is 10.3. The van der Waals surface area contributed by atoms with Crippen molar-refractivity contribution in [2.45, 2.75) is 13.0 Å².